The molecule has 1 amide bonds. The fourth-order valence-corrected chi connectivity index (χ4v) is 3.37. The number of rotatable bonds is 3. The molecule has 0 fully saturated rings. The van der Waals surface area contributed by atoms with Gasteiger partial charge in [-0.05, 0) is 38.5 Å². The molecule has 2 aromatic heterocycles. The SMILES string of the molecule is COc1ccc(C)cc1NC(=O)c1cnc2sc(C)c(C)n2c1=O. The number of nitrogens with one attached hydrogen (secondary N) is 1. The summed E-state index contributed by atoms with van der Waals surface area (Å²) in [6.07, 6.45) is 1.32. The van der Waals surface area contributed by atoms with Crippen LogP contribution in [0.4, 0.5) is 5.69 Å². The van der Waals surface area contributed by atoms with Gasteiger partial charge < -0.3 is 10.1 Å². The summed E-state index contributed by atoms with van der Waals surface area (Å²) in [6, 6.07) is 5.44. The van der Waals surface area contributed by atoms with Crippen molar-refractivity contribution in [2.45, 2.75) is 20.8 Å². The summed E-state index contributed by atoms with van der Waals surface area (Å²) in [6.45, 7) is 5.67. The van der Waals surface area contributed by atoms with Crippen LogP contribution < -0.4 is 15.6 Å². The zero-order valence-corrected chi connectivity index (χ0v) is 14.7. The van der Waals surface area contributed by atoms with E-state index in [1.54, 1.807) is 12.1 Å². The highest BCUT2D eigenvalue weighted by molar-refractivity contribution is 7.17. The number of nitrogens with zero attached hydrogens (tertiary/aromatic N) is 2. The maximum absolute atomic E-state index is 12.7. The lowest BCUT2D eigenvalue weighted by molar-refractivity contribution is 0.102. The molecule has 0 atom stereocenters. The maximum Gasteiger partial charge on any atom is 0.271 e. The van der Waals surface area contributed by atoms with Crippen LogP contribution in [-0.2, 0) is 0 Å². The predicted molar refractivity (Wildman–Crippen MR) is 94.5 cm³/mol. The summed E-state index contributed by atoms with van der Waals surface area (Å²) < 4.78 is 6.72. The molecule has 0 aliphatic rings. The predicted octanol–water partition coefficient (Wildman–Crippen LogP) is 2.94. The Kier molecular flexibility index (Phi) is 4.11. The molecule has 3 aromatic rings. The number of ether oxygens (including phenoxy) is 1. The first-order valence-electron chi connectivity index (χ1n) is 7.36. The van der Waals surface area contributed by atoms with Crippen molar-refractivity contribution in [3.63, 3.8) is 0 Å². The lowest BCUT2D eigenvalue weighted by Crippen LogP contribution is -2.26. The average Bonchev–Trinajstić information content (AvgIpc) is 2.83. The van der Waals surface area contributed by atoms with Crippen LogP contribution in [0.15, 0.2) is 29.2 Å². The van der Waals surface area contributed by atoms with Crippen molar-refractivity contribution in [2.24, 2.45) is 0 Å². The molecule has 24 heavy (non-hydrogen) atoms. The fraction of sp³-hybridized carbons (Fsp3) is 0.235. The second-order valence-electron chi connectivity index (χ2n) is 5.50. The van der Waals surface area contributed by atoms with E-state index >= 15 is 0 Å². The van der Waals surface area contributed by atoms with E-state index in [1.165, 1.54) is 29.0 Å². The van der Waals surface area contributed by atoms with Crippen molar-refractivity contribution in [3.05, 3.63) is 56.4 Å². The second-order valence-corrected chi connectivity index (χ2v) is 6.68. The molecule has 0 aliphatic carbocycles. The van der Waals surface area contributed by atoms with Gasteiger partial charge in [0.15, 0.2) is 4.96 Å². The molecule has 3 rings (SSSR count). The first kappa shape index (κ1) is 16.2. The van der Waals surface area contributed by atoms with Crippen molar-refractivity contribution in [2.75, 3.05) is 12.4 Å². The molecular weight excluding hydrogens is 326 g/mol. The van der Waals surface area contributed by atoms with Crippen molar-refractivity contribution in [3.8, 4) is 5.75 Å². The van der Waals surface area contributed by atoms with Gasteiger partial charge in [0.25, 0.3) is 11.5 Å². The third-order valence-corrected chi connectivity index (χ3v) is 4.94. The number of hydrogen-bond acceptors (Lipinski definition) is 5. The summed E-state index contributed by atoms with van der Waals surface area (Å²) in [5.41, 5.74) is 1.92. The van der Waals surface area contributed by atoms with Crippen LogP contribution >= 0.6 is 11.3 Å². The Bertz CT molecular complexity index is 1000. The van der Waals surface area contributed by atoms with E-state index in [0.29, 0.717) is 16.4 Å². The van der Waals surface area contributed by atoms with E-state index in [0.717, 1.165) is 16.1 Å². The third-order valence-electron chi connectivity index (χ3n) is 3.87. The molecule has 124 valence electrons. The zero-order chi connectivity index (χ0) is 17.4. The van der Waals surface area contributed by atoms with Crippen LogP contribution in [0.3, 0.4) is 0 Å². The molecule has 0 spiro atoms. The molecule has 0 saturated heterocycles. The van der Waals surface area contributed by atoms with Crippen molar-refractivity contribution >= 4 is 27.9 Å². The first-order valence-corrected chi connectivity index (χ1v) is 8.17. The number of benzene rings is 1. The Labute approximate surface area is 142 Å². The molecule has 0 saturated carbocycles. The Morgan fingerprint density at radius 2 is 2.04 bits per heavy atom. The summed E-state index contributed by atoms with van der Waals surface area (Å²) in [5, 5.41) is 2.74. The van der Waals surface area contributed by atoms with Gasteiger partial charge in [-0.2, -0.15) is 0 Å². The average molecular weight is 343 g/mol. The van der Waals surface area contributed by atoms with Crippen molar-refractivity contribution < 1.29 is 9.53 Å². The summed E-state index contributed by atoms with van der Waals surface area (Å²) >= 11 is 1.43. The standard InChI is InChI=1S/C17H17N3O3S/c1-9-5-6-14(23-4)13(7-9)19-15(21)12-8-18-17-20(16(12)22)10(2)11(3)24-17/h5-8H,1-4H3,(H,19,21). The van der Waals surface area contributed by atoms with Crippen molar-refractivity contribution in [1.29, 1.82) is 0 Å². The lowest BCUT2D eigenvalue weighted by Gasteiger charge is -2.10. The number of anilines is 1. The summed E-state index contributed by atoms with van der Waals surface area (Å²) in [7, 11) is 1.53. The minimum absolute atomic E-state index is 0.00282. The number of carbonyl (C=O) groups excluding carboxylic acids is 1. The fourth-order valence-electron chi connectivity index (χ4n) is 2.44. The van der Waals surface area contributed by atoms with Crippen LogP contribution in [0.1, 0.15) is 26.5 Å². The van der Waals surface area contributed by atoms with E-state index in [1.807, 2.05) is 26.8 Å². The van der Waals surface area contributed by atoms with Gasteiger partial charge >= 0.3 is 0 Å². The van der Waals surface area contributed by atoms with Gasteiger partial charge in [-0.3, -0.25) is 14.0 Å². The highest BCUT2D eigenvalue weighted by atomic mass is 32.1. The number of fused-ring (bicyclic) bond motifs is 1. The first-order chi connectivity index (χ1) is 11.4. The Morgan fingerprint density at radius 1 is 1.29 bits per heavy atom. The molecule has 6 nitrogen and oxygen atoms in total. The highest BCUT2D eigenvalue weighted by Gasteiger charge is 2.18. The molecule has 0 unspecified atom stereocenters. The van der Waals surface area contributed by atoms with Gasteiger partial charge in [0.1, 0.15) is 11.3 Å². The third kappa shape index (κ3) is 2.67. The van der Waals surface area contributed by atoms with E-state index in [-0.39, 0.29) is 11.1 Å². The molecule has 0 aliphatic heterocycles. The number of methoxy groups -OCH3 is 1. The Hall–Kier alpha value is -2.67. The largest absolute Gasteiger partial charge is 0.495 e. The summed E-state index contributed by atoms with van der Waals surface area (Å²) in [5.74, 6) is 0.0275. The van der Waals surface area contributed by atoms with Crippen LogP contribution in [-0.4, -0.2) is 22.4 Å². The number of aromatic nitrogens is 2. The Morgan fingerprint density at radius 3 is 2.75 bits per heavy atom. The Balaban J connectivity index is 2.04. The molecular formula is C17H17N3O3S. The minimum atomic E-state index is -0.506. The number of carbonyl (C=O) groups is 1. The van der Waals surface area contributed by atoms with Crippen LogP contribution in [0.2, 0.25) is 0 Å². The molecule has 1 aromatic carbocycles. The molecule has 1 N–H and O–H groups in total. The van der Waals surface area contributed by atoms with Gasteiger partial charge in [0, 0.05) is 16.8 Å². The number of aryl methyl sites for hydroxylation is 3. The normalized spacial score (nSPS) is 10.8. The smallest absolute Gasteiger partial charge is 0.271 e. The number of amides is 1. The van der Waals surface area contributed by atoms with E-state index in [4.69, 9.17) is 4.74 Å². The quantitative estimate of drug-likeness (QED) is 0.793. The van der Waals surface area contributed by atoms with Crippen LogP contribution in [0.25, 0.3) is 4.96 Å². The van der Waals surface area contributed by atoms with Gasteiger partial charge in [-0.15, -0.1) is 11.3 Å². The van der Waals surface area contributed by atoms with Gasteiger partial charge in [0.2, 0.25) is 0 Å². The van der Waals surface area contributed by atoms with E-state index < -0.39 is 5.91 Å². The van der Waals surface area contributed by atoms with Crippen LogP contribution in [0, 0.1) is 20.8 Å². The zero-order valence-electron chi connectivity index (χ0n) is 13.8. The van der Waals surface area contributed by atoms with Gasteiger partial charge in [0.05, 0.1) is 12.8 Å². The molecule has 0 bridgehead atoms. The molecule has 2 heterocycles. The minimum Gasteiger partial charge on any atom is -0.495 e. The number of thiazole rings is 1. The second kappa shape index (κ2) is 6.09. The number of hydrogen-bond donors (Lipinski definition) is 1. The lowest BCUT2D eigenvalue weighted by atomic mass is 10.2. The van der Waals surface area contributed by atoms with E-state index in [9.17, 15) is 9.59 Å². The van der Waals surface area contributed by atoms with Gasteiger partial charge in [-0.1, -0.05) is 6.07 Å². The van der Waals surface area contributed by atoms with Gasteiger partial charge in [-0.25, -0.2) is 4.98 Å². The van der Waals surface area contributed by atoms with E-state index in [2.05, 4.69) is 10.3 Å². The monoisotopic (exact) mass is 343 g/mol. The van der Waals surface area contributed by atoms with Crippen molar-refractivity contribution in [1.82, 2.24) is 9.38 Å². The maximum atomic E-state index is 12.7. The van der Waals surface area contributed by atoms with Crippen LogP contribution in [0.5, 0.6) is 5.75 Å². The topological polar surface area (TPSA) is 72.7 Å². The molecule has 7 heteroatoms. The highest BCUT2D eigenvalue weighted by Crippen LogP contribution is 2.25. The molecule has 0 radical (unpaired) electrons. The summed E-state index contributed by atoms with van der Waals surface area (Å²) in [4.78, 5) is 31.0.